The zero-order chi connectivity index (χ0) is 13.0. The maximum atomic E-state index is 12.0. The number of rotatable bonds is 3. The molecule has 0 radical (unpaired) electrons. The fraction of sp³-hybridized carbons (Fsp3) is 0.0714. The SMILES string of the molecule is COc1c(N)cccc1NC(=O)c1ccccc1. The van der Waals surface area contributed by atoms with Crippen LogP contribution in [0, 0.1) is 0 Å². The Hall–Kier alpha value is -2.49. The fourth-order valence-corrected chi connectivity index (χ4v) is 1.67. The fourth-order valence-electron chi connectivity index (χ4n) is 1.67. The highest BCUT2D eigenvalue weighted by Crippen LogP contribution is 2.30. The molecule has 0 atom stereocenters. The van der Waals surface area contributed by atoms with Crippen LogP contribution in [0.1, 0.15) is 10.4 Å². The van der Waals surface area contributed by atoms with Gasteiger partial charge in [0.15, 0.2) is 5.75 Å². The van der Waals surface area contributed by atoms with Gasteiger partial charge in [-0.2, -0.15) is 0 Å². The quantitative estimate of drug-likeness (QED) is 0.813. The Bertz CT molecular complexity index is 553. The van der Waals surface area contributed by atoms with Crippen molar-refractivity contribution in [2.45, 2.75) is 0 Å². The lowest BCUT2D eigenvalue weighted by Gasteiger charge is -2.11. The monoisotopic (exact) mass is 242 g/mol. The Morgan fingerprint density at radius 3 is 2.50 bits per heavy atom. The number of para-hydroxylation sites is 1. The first-order chi connectivity index (χ1) is 8.72. The minimum Gasteiger partial charge on any atom is -0.492 e. The van der Waals surface area contributed by atoms with E-state index in [1.807, 2.05) is 18.2 Å². The van der Waals surface area contributed by atoms with Gasteiger partial charge in [-0.1, -0.05) is 24.3 Å². The Morgan fingerprint density at radius 2 is 1.83 bits per heavy atom. The van der Waals surface area contributed by atoms with Crippen molar-refractivity contribution in [3.63, 3.8) is 0 Å². The molecule has 0 unspecified atom stereocenters. The van der Waals surface area contributed by atoms with Crippen molar-refractivity contribution >= 4 is 17.3 Å². The molecule has 0 saturated carbocycles. The summed E-state index contributed by atoms with van der Waals surface area (Å²) in [6, 6.07) is 14.2. The summed E-state index contributed by atoms with van der Waals surface area (Å²) < 4.78 is 5.17. The third-order valence-corrected chi connectivity index (χ3v) is 2.53. The van der Waals surface area contributed by atoms with Gasteiger partial charge in [0.05, 0.1) is 18.5 Å². The standard InChI is InChI=1S/C14H14N2O2/c1-18-13-11(15)8-5-9-12(13)16-14(17)10-6-3-2-4-7-10/h2-9H,15H2,1H3,(H,16,17). The van der Waals surface area contributed by atoms with Crippen LogP contribution in [0.25, 0.3) is 0 Å². The molecule has 2 aromatic rings. The minimum absolute atomic E-state index is 0.195. The topological polar surface area (TPSA) is 64.3 Å². The van der Waals surface area contributed by atoms with E-state index in [-0.39, 0.29) is 5.91 Å². The molecular formula is C14H14N2O2. The van der Waals surface area contributed by atoms with Crippen LogP contribution in [0.3, 0.4) is 0 Å². The third kappa shape index (κ3) is 2.43. The van der Waals surface area contributed by atoms with Gasteiger partial charge in [-0.3, -0.25) is 4.79 Å². The number of ether oxygens (including phenoxy) is 1. The van der Waals surface area contributed by atoms with E-state index in [4.69, 9.17) is 10.5 Å². The van der Waals surface area contributed by atoms with E-state index in [0.29, 0.717) is 22.7 Å². The van der Waals surface area contributed by atoms with Gasteiger partial charge in [0.25, 0.3) is 5.91 Å². The molecule has 0 aromatic heterocycles. The van der Waals surface area contributed by atoms with Crippen molar-refractivity contribution in [3.8, 4) is 5.75 Å². The molecule has 18 heavy (non-hydrogen) atoms. The highest BCUT2D eigenvalue weighted by Gasteiger charge is 2.10. The van der Waals surface area contributed by atoms with E-state index in [2.05, 4.69) is 5.32 Å². The van der Waals surface area contributed by atoms with Gasteiger partial charge in [-0.15, -0.1) is 0 Å². The summed E-state index contributed by atoms with van der Waals surface area (Å²) in [5, 5.41) is 2.77. The Morgan fingerprint density at radius 1 is 1.11 bits per heavy atom. The number of amides is 1. The molecule has 0 heterocycles. The zero-order valence-corrected chi connectivity index (χ0v) is 10.0. The average molecular weight is 242 g/mol. The summed E-state index contributed by atoms with van der Waals surface area (Å²) >= 11 is 0. The smallest absolute Gasteiger partial charge is 0.255 e. The molecule has 0 aliphatic carbocycles. The molecule has 0 fully saturated rings. The maximum Gasteiger partial charge on any atom is 0.255 e. The second-order valence-electron chi connectivity index (χ2n) is 3.75. The van der Waals surface area contributed by atoms with Crippen molar-refractivity contribution in [2.24, 2.45) is 0 Å². The van der Waals surface area contributed by atoms with Crippen LogP contribution in [0.4, 0.5) is 11.4 Å². The van der Waals surface area contributed by atoms with Gasteiger partial charge in [0.2, 0.25) is 0 Å². The molecule has 0 spiro atoms. The van der Waals surface area contributed by atoms with E-state index in [1.54, 1.807) is 30.3 Å². The number of carbonyl (C=O) groups is 1. The number of hydrogen-bond donors (Lipinski definition) is 2. The molecule has 0 saturated heterocycles. The summed E-state index contributed by atoms with van der Waals surface area (Å²) in [5.74, 6) is 0.279. The van der Waals surface area contributed by atoms with E-state index < -0.39 is 0 Å². The van der Waals surface area contributed by atoms with Gasteiger partial charge in [-0.05, 0) is 24.3 Å². The van der Waals surface area contributed by atoms with Crippen LogP contribution >= 0.6 is 0 Å². The van der Waals surface area contributed by atoms with E-state index in [1.165, 1.54) is 7.11 Å². The summed E-state index contributed by atoms with van der Waals surface area (Å²) in [6.45, 7) is 0. The van der Waals surface area contributed by atoms with Crippen LogP contribution in [-0.4, -0.2) is 13.0 Å². The predicted octanol–water partition coefficient (Wildman–Crippen LogP) is 2.53. The summed E-state index contributed by atoms with van der Waals surface area (Å²) in [4.78, 5) is 12.0. The van der Waals surface area contributed by atoms with Crippen LogP contribution in [0.15, 0.2) is 48.5 Å². The normalized spacial score (nSPS) is 9.83. The number of anilines is 2. The molecule has 1 amide bonds. The van der Waals surface area contributed by atoms with Crippen molar-refractivity contribution in [1.82, 2.24) is 0 Å². The zero-order valence-electron chi connectivity index (χ0n) is 10.0. The van der Waals surface area contributed by atoms with Crippen molar-refractivity contribution < 1.29 is 9.53 Å². The van der Waals surface area contributed by atoms with Crippen molar-refractivity contribution in [1.29, 1.82) is 0 Å². The molecule has 4 heteroatoms. The molecule has 2 rings (SSSR count). The number of carbonyl (C=O) groups excluding carboxylic acids is 1. The lowest BCUT2D eigenvalue weighted by atomic mass is 10.2. The van der Waals surface area contributed by atoms with Gasteiger partial charge < -0.3 is 15.8 Å². The molecule has 0 bridgehead atoms. The first-order valence-electron chi connectivity index (χ1n) is 5.51. The van der Waals surface area contributed by atoms with Gasteiger partial charge in [0.1, 0.15) is 0 Å². The first kappa shape index (κ1) is 12.0. The van der Waals surface area contributed by atoms with Crippen LogP contribution < -0.4 is 15.8 Å². The van der Waals surface area contributed by atoms with Crippen molar-refractivity contribution in [2.75, 3.05) is 18.2 Å². The van der Waals surface area contributed by atoms with Crippen LogP contribution in [0.5, 0.6) is 5.75 Å². The van der Waals surface area contributed by atoms with Gasteiger partial charge >= 0.3 is 0 Å². The van der Waals surface area contributed by atoms with Gasteiger partial charge in [0, 0.05) is 5.56 Å². The van der Waals surface area contributed by atoms with E-state index >= 15 is 0 Å². The van der Waals surface area contributed by atoms with Crippen LogP contribution in [0.2, 0.25) is 0 Å². The predicted molar refractivity (Wildman–Crippen MR) is 71.8 cm³/mol. The largest absolute Gasteiger partial charge is 0.492 e. The number of nitrogen functional groups attached to an aromatic ring is 1. The number of nitrogens with two attached hydrogens (primary N) is 1. The Balaban J connectivity index is 2.25. The number of hydrogen-bond acceptors (Lipinski definition) is 3. The molecule has 92 valence electrons. The first-order valence-corrected chi connectivity index (χ1v) is 5.51. The van der Waals surface area contributed by atoms with Crippen molar-refractivity contribution in [3.05, 3.63) is 54.1 Å². The second kappa shape index (κ2) is 5.23. The highest BCUT2D eigenvalue weighted by atomic mass is 16.5. The molecule has 0 aliphatic heterocycles. The Kier molecular flexibility index (Phi) is 3.48. The molecule has 3 N–H and O–H groups in total. The summed E-state index contributed by atoms with van der Waals surface area (Å²) in [6.07, 6.45) is 0. The average Bonchev–Trinajstić information content (AvgIpc) is 2.40. The van der Waals surface area contributed by atoms with Gasteiger partial charge in [-0.25, -0.2) is 0 Å². The highest BCUT2D eigenvalue weighted by molar-refractivity contribution is 6.05. The third-order valence-electron chi connectivity index (χ3n) is 2.53. The number of methoxy groups -OCH3 is 1. The molecular weight excluding hydrogens is 228 g/mol. The number of benzene rings is 2. The van der Waals surface area contributed by atoms with Crippen LogP contribution in [-0.2, 0) is 0 Å². The van der Waals surface area contributed by atoms with E-state index in [9.17, 15) is 4.79 Å². The second-order valence-corrected chi connectivity index (χ2v) is 3.75. The molecule has 4 nitrogen and oxygen atoms in total. The Labute approximate surface area is 105 Å². The maximum absolute atomic E-state index is 12.0. The van der Waals surface area contributed by atoms with E-state index in [0.717, 1.165) is 0 Å². The minimum atomic E-state index is -0.195. The molecule has 0 aliphatic rings. The number of nitrogens with one attached hydrogen (secondary N) is 1. The summed E-state index contributed by atoms with van der Waals surface area (Å²) in [7, 11) is 1.52. The lowest BCUT2D eigenvalue weighted by molar-refractivity contribution is 0.102. The lowest BCUT2D eigenvalue weighted by Crippen LogP contribution is -2.12. The molecule has 2 aromatic carbocycles. The summed E-state index contributed by atoms with van der Waals surface area (Å²) in [5.41, 5.74) is 7.41.